The van der Waals surface area contributed by atoms with Crippen LogP contribution in [-0.4, -0.2) is 10.4 Å². The molecular weight excluding hydrogens is 352 g/mol. The van der Waals surface area contributed by atoms with Gasteiger partial charge in [0.05, 0.1) is 0 Å². The maximum Gasteiger partial charge on any atom is 0.254 e. The number of fused-ring (bicyclic) bond motifs is 1. The summed E-state index contributed by atoms with van der Waals surface area (Å²) in [7, 11) is 0. The molecule has 0 aliphatic rings. The molecule has 0 unspecified atom stereocenters. The van der Waals surface area contributed by atoms with E-state index in [1.165, 1.54) is 0 Å². The number of halogens is 1. The molecule has 4 heteroatoms. The van der Waals surface area contributed by atoms with Gasteiger partial charge in [-0.1, -0.05) is 52.9 Å². The summed E-state index contributed by atoms with van der Waals surface area (Å²) < 4.78 is 5.22. The van der Waals surface area contributed by atoms with Gasteiger partial charge >= 0.3 is 0 Å². The van der Waals surface area contributed by atoms with Crippen molar-refractivity contribution in [2.24, 2.45) is 0 Å². The van der Waals surface area contributed by atoms with Crippen LogP contribution in [0.1, 0.15) is 16.2 Å². The number of carbonyl (C=O) groups excluding carboxylic acids is 1. The molecule has 0 saturated carbocycles. The van der Waals surface area contributed by atoms with Gasteiger partial charge in [-0.25, -0.2) is 9.13 Å². The number of carbonyl (C=O) groups is 1. The number of aromatic nitrogens is 2. The molecule has 0 fully saturated rings. The molecule has 0 aliphatic heterocycles. The van der Waals surface area contributed by atoms with Crippen molar-refractivity contribution in [2.45, 2.75) is 20.0 Å². The van der Waals surface area contributed by atoms with Crippen molar-refractivity contribution in [3.63, 3.8) is 0 Å². The fourth-order valence-corrected chi connectivity index (χ4v) is 3.11. The van der Waals surface area contributed by atoms with E-state index >= 15 is 0 Å². The first-order chi connectivity index (χ1) is 11.1. The van der Waals surface area contributed by atoms with E-state index in [9.17, 15) is 4.79 Å². The molecule has 1 heterocycles. The van der Waals surface area contributed by atoms with Crippen molar-refractivity contribution < 1.29 is 9.36 Å². The first-order valence-electron chi connectivity index (χ1n) is 7.49. The van der Waals surface area contributed by atoms with E-state index in [-0.39, 0.29) is 5.78 Å². The predicted octanol–water partition coefficient (Wildman–Crippen LogP) is 4.07. The lowest BCUT2D eigenvalue weighted by Crippen LogP contribution is -2.40. The van der Waals surface area contributed by atoms with Crippen LogP contribution >= 0.6 is 15.9 Å². The van der Waals surface area contributed by atoms with E-state index < -0.39 is 0 Å². The Balaban J connectivity index is 2.02. The van der Waals surface area contributed by atoms with Crippen molar-refractivity contribution in [3.8, 4) is 0 Å². The van der Waals surface area contributed by atoms with Gasteiger partial charge in [0.15, 0.2) is 17.6 Å². The highest BCUT2D eigenvalue weighted by Gasteiger charge is 2.22. The lowest BCUT2D eigenvalue weighted by Gasteiger charge is -2.02. The molecule has 0 amide bonds. The number of benzene rings is 2. The minimum atomic E-state index is 0.104. The van der Waals surface area contributed by atoms with Gasteiger partial charge in [0, 0.05) is 17.0 Å². The Hall–Kier alpha value is -2.20. The van der Waals surface area contributed by atoms with Crippen molar-refractivity contribution in [2.75, 3.05) is 0 Å². The summed E-state index contributed by atoms with van der Waals surface area (Å²) in [5.74, 6) is 1.16. The number of nitrogens with zero attached hydrogens (tertiary/aromatic N) is 2. The molecule has 0 saturated heterocycles. The van der Waals surface area contributed by atoms with E-state index in [0.29, 0.717) is 6.54 Å². The molecule has 0 aliphatic carbocycles. The van der Waals surface area contributed by atoms with E-state index in [1.807, 2.05) is 49.4 Å². The van der Waals surface area contributed by atoms with Crippen LogP contribution in [0.25, 0.3) is 11.0 Å². The van der Waals surface area contributed by atoms with Gasteiger partial charge in [-0.3, -0.25) is 4.79 Å². The monoisotopic (exact) mass is 369 g/mol. The van der Waals surface area contributed by atoms with Crippen LogP contribution in [-0.2, 0) is 13.1 Å². The second-order valence-corrected chi connectivity index (χ2v) is 6.37. The molecule has 1 aromatic heterocycles. The first kappa shape index (κ1) is 15.7. The van der Waals surface area contributed by atoms with E-state index in [2.05, 4.69) is 43.8 Å². The lowest BCUT2D eigenvalue weighted by atomic mass is 10.1. The molecular formula is C19H18BrN2O+. The van der Waals surface area contributed by atoms with Crippen molar-refractivity contribution in [3.05, 3.63) is 77.0 Å². The maximum absolute atomic E-state index is 12.6. The number of hydrogen-bond acceptors (Lipinski definition) is 1. The summed E-state index contributed by atoms with van der Waals surface area (Å²) in [6, 6.07) is 15.6. The number of rotatable bonds is 5. The summed E-state index contributed by atoms with van der Waals surface area (Å²) in [6.07, 6.45) is 1.88. The third-order valence-electron chi connectivity index (χ3n) is 4.02. The van der Waals surface area contributed by atoms with E-state index in [4.69, 9.17) is 0 Å². The summed E-state index contributed by atoms with van der Waals surface area (Å²) in [6.45, 7) is 6.93. The van der Waals surface area contributed by atoms with Gasteiger partial charge in [0.1, 0.15) is 6.54 Å². The SMILES string of the molecule is C=CCn1c(C)[n+](CC(=O)c2ccc(Br)cc2)c2ccccc21. The highest BCUT2D eigenvalue weighted by molar-refractivity contribution is 9.10. The Labute approximate surface area is 144 Å². The van der Waals surface area contributed by atoms with Crippen molar-refractivity contribution in [1.82, 2.24) is 4.57 Å². The highest BCUT2D eigenvalue weighted by atomic mass is 79.9. The average Bonchev–Trinajstić information content (AvgIpc) is 2.82. The van der Waals surface area contributed by atoms with Crippen LogP contribution in [0.15, 0.2) is 65.7 Å². The fraction of sp³-hybridized carbons (Fsp3) is 0.158. The quantitative estimate of drug-likeness (QED) is 0.378. The molecule has 3 nitrogen and oxygen atoms in total. The third kappa shape index (κ3) is 2.99. The van der Waals surface area contributed by atoms with Gasteiger partial charge in [-0.05, 0) is 24.3 Å². The van der Waals surface area contributed by atoms with E-state index in [1.54, 1.807) is 0 Å². The van der Waals surface area contributed by atoms with Crippen LogP contribution in [0.3, 0.4) is 0 Å². The Kier molecular flexibility index (Phi) is 4.44. The highest BCUT2D eigenvalue weighted by Crippen LogP contribution is 2.15. The van der Waals surface area contributed by atoms with Gasteiger partial charge < -0.3 is 0 Å². The molecule has 3 aromatic rings. The van der Waals surface area contributed by atoms with Crippen LogP contribution < -0.4 is 4.57 Å². The zero-order valence-corrected chi connectivity index (χ0v) is 14.6. The van der Waals surface area contributed by atoms with E-state index in [0.717, 1.165) is 33.4 Å². The number of allylic oxidation sites excluding steroid dienone is 1. The number of imidazole rings is 1. The normalized spacial score (nSPS) is 10.9. The molecule has 0 bridgehead atoms. The molecule has 0 spiro atoms. The predicted molar refractivity (Wildman–Crippen MR) is 95.5 cm³/mol. The van der Waals surface area contributed by atoms with Crippen molar-refractivity contribution in [1.29, 1.82) is 0 Å². The lowest BCUT2D eigenvalue weighted by molar-refractivity contribution is -0.664. The summed E-state index contributed by atoms with van der Waals surface area (Å²) in [5.41, 5.74) is 2.91. The van der Waals surface area contributed by atoms with Crippen LogP contribution in [0.2, 0.25) is 0 Å². The van der Waals surface area contributed by atoms with Crippen LogP contribution in [0, 0.1) is 6.92 Å². The smallest absolute Gasteiger partial charge is 0.254 e. The third-order valence-corrected chi connectivity index (χ3v) is 4.55. The first-order valence-corrected chi connectivity index (χ1v) is 8.28. The largest absolute Gasteiger partial charge is 0.290 e. The Morgan fingerprint density at radius 2 is 1.91 bits per heavy atom. The molecule has 2 aromatic carbocycles. The fourth-order valence-electron chi connectivity index (χ4n) is 2.84. The minimum absolute atomic E-state index is 0.104. The molecule has 116 valence electrons. The minimum Gasteiger partial charge on any atom is -0.290 e. The second kappa shape index (κ2) is 6.50. The number of hydrogen-bond donors (Lipinski definition) is 0. The zero-order chi connectivity index (χ0) is 16.4. The zero-order valence-electron chi connectivity index (χ0n) is 13.0. The average molecular weight is 370 g/mol. The topological polar surface area (TPSA) is 25.9 Å². The summed E-state index contributed by atoms with van der Waals surface area (Å²) in [5, 5.41) is 0. The summed E-state index contributed by atoms with van der Waals surface area (Å²) in [4.78, 5) is 12.6. The molecule has 0 atom stereocenters. The second-order valence-electron chi connectivity index (χ2n) is 5.45. The molecule has 23 heavy (non-hydrogen) atoms. The Morgan fingerprint density at radius 1 is 1.22 bits per heavy atom. The molecule has 0 N–H and O–H groups in total. The number of ketones is 1. The summed E-state index contributed by atoms with van der Waals surface area (Å²) >= 11 is 3.40. The van der Waals surface area contributed by atoms with Gasteiger partial charge in [-0.2, -0.15) is 0 Å². The van der Waals surface area contributed by atoms with Gasteiger partial charge in [0.2, 0.25) is 5.78 Å². The number of para-hydroxylation sites is 2. The van der Waals surface area contributed by atoms with Crippen LogP contribution in [0.4, 0.5) is 0 Å². The number of Topliss-reactive ketones (excluding diaryl/α,β-unsaturated/α-hetero) is 1. The molecule has 3 rings (SSSR count). The van der Waals surface area contributed by atoms with Gasteiger partial charge in [-0.15, -0.1) is 0 Å². The standard InChI is InChI=1S/C19H18BrN2O/c1-3-12-21-14(2)22(18-7-5-4-6-17(18)21)13-19(23)15-8-10-16(20)11-9-15/h3-11H,1,12-13H2,2H3/q+1. The maximum atomic E-state index is 12.6. The Morgan fingerprint density at radius 3 is 2.61 bits per heavy atom. The van der Waals surface area contributed by atoms with Crippen LogP contribution in [0.5, 0.6) is 0 Å². The van der Waals surface area contributed by atoms with Gasteiger partial charge in [0.25, 0.3) is 5.82 Å². The molecule has 0 radical (unpaired) electrons. The van der Waals surface area contributed by atoms with Crippen molar-refractivity contribution >= 4 is 32.7 Å². The Bertz CT molecular complexity index is 878.